The van der Waals surface area contributed by atoms with Crippen LogP contribution < -0.4 is 14.6 Å². The Balaban J connectivity index is 2.32. The Labute approximate surface area is 165 Å². The molecular weight excluding hydrogens is 390 g/mol. The fourth-order valence-electron chi connectivity index (χ4n) is 2.31. The second-order valence-electron chi connectivity index (χ2n) is 5.34. The predicted molar refractivity (Wildman–Crippen MR) is 97.4 cm³/mol. The van der Waals surface area contributed by atoms with Crippen molar-refractivity contribution >= 4 is 40.9 Å². The lowest BCUT2D eigenvalue weighted by atomic mass is 10.1. The zero-order chi connectivity index (χ0) is 20.7. The van der Waals surface area contributed by atoms with Crippen LogP contribution in [0.5, 0.6) is 11.5 Å². The number of hydrogen-bond acceptors (Lipinski definition) is 9. The molecule has 9 nitrogen and oxygen atoms in total. The van der Waals surface area contributed by atoms with Crippen LogP contribution in [0.3, 0.4) is 0 Å². The van der Waals surface area contributed by atoms with E-state index in [4.69, 9.17) is 14.2 Å². The van der Waals surface area contributed by atoms with E-state index in [-0.39, 0.29) is 23.0 Å². The van der Waals surface area contributed by atoms with Crippen LogP contribution in [0.4, 0.5) is 4.79 Å². The van der Waals surface area contributed by atoms with Crippen molar-refractivity contribution in [3.8, 4) is 11.5 Å². The summed E-state index contributed by atoms with van der Waals surface area (Å²) in [5.74, 6) is -2.39. The molecule has 0 spiro atoms. The van der Waals surface area contributed by atoms with Crippen molar-refractivity contribution in [1.82, 2.24) is 4.90 Å². The number of aliphatic carboxylic acids is 1. The van der Waals surface area contributed by atoms with Crippen molar-refractivity contribution in [2.45, 2.75) is 13.8 Å². The Bertz CT molecular complexity index is 820. The number of imide groups is 1. The van der Waals surface area contributed by atoms with E-state index in [1.165, 1.54) is 6.08 Å². The van der Waals surface area contributed by atoms with Crippen LogP contribution >= 0.6 is 11.8 Å². The molecule has 1 heterocycles. The summed E-state index contributed by atoms with van der Waals surface area (Å²) in [5.41, 5.74) is 0.342. The van der Waals surface area contributed by atoms with Crippen LogP contribution in [-0.4, -0.2) is 54.4 Å². The Kier molecular flexibility index (Phi) is 7.44. The number of carboxylic acids is 1. The second kappa shape index (κ2) is 9.79. The highest BCUT2D eigenvalue weighted by atomic mass is 32.2. The molecule has 2 amide bonds. The van der Waals surface area contributed by atoms with Gasteiger partial charge in [-0.25, -0.2) is 0 Å². The number of amides is 2. The van der Waals surface area contributed by atoms with E-state index >= 15 is 0 Å². The first-order valence-corrected chi connectivity index (χ1v) is 9.18. The fraction of sp³-hybridized carbons (Fsp3) is 0.333. The van der Waals surface area contributed by atoms with E-state index in [1.807, 2.05) is 0 Å². The van der Waals surface area contributed by atoms with Gasteiger partial charge in [-0.05, 0) is 37.8 Å². The van der Waals surface area contributed by atoms with E-state index in [0.29, 0.717) is 23.9 Å². The Morgan fingerprint density at radius 2 is 1.93 bits per heavy atom. The number of ether oxygens (including phenoxy) is 3. The van der Waals surface area contributed by atoms with Gasteiger partial charge in [0.1, 0.15) is 13.2 Å². The summed E-state index contributed by atoms with van der Waals surface area (Å²) >= 11 is 0.655. The average molecular weight is 408 g/mol. The first-order chi connectivity index (χ1) is 13.4. The van der Waals surface area contributed by atoms with Crippen LogP contribution in [0.25, 0.3) is 6.08 Å². The van der Waals surface area contributed by atoms with Gasteiger partial charge in [0.25, 0.3) is 11.1 Å². The number of para-hydroxylation sites is 1. The van der Waals surface area contributed by atoms with Crippen molar-refractivity contribution < 1.29 is 38.5 Å². The second-order valence-corrected chi connectivity index (χ2v) is 6.33. The largest absolute Gasteiger partial charge is 0.546 e. The number of rotatable bonds is 9. The van der Waals surface area contributed by atoms with Gasteiger partial charge in [-0.3, -0.25) is 19.3 Å². The van der Waals surface area contributed by atoms with E-state index in [1.54, 1.807) is 32.0 Å². The SMILES string of the molecule is CCOC(=O)CN1C(=O)S/C(=C\c2cccc(OCC)c2OCC(=O)[O-])C1=O. The number of nitrogens with zero attached hydrogens (tertiary/aromatic N) is 1. The summed E-state index contributed by atoms with van der Waals surface area (Å²) in [7, 11) is 0. The summed E-state index contributed by atoms with van der Waals surface area (Å²) in [6, 6.07) is 4.79. The minimum absolute atomic E-state index is 0.0567. The molecule has 0 aliphatic carbocycles. The van der Waals surface area contributed by atoms with E-state index < -0.39 is 36.2 Å². The minimum atomic E-state index is -1.42. The lowest BCUT2D eigenvalue weighted by Gasteiger charge is -2.15. The molecule has 28 heavy (non-hydrogen) atoms. The third kappa shape index (κ3) is 5.26. The maximum Gasteiger partial charge on any atom is 0.326 e. The van der Waals surface area contributed by atoms with Crippen molar-refractivity contribution in [1.29, 1.82) is 0 Å². The summed E-state index contributed by atoms with van der Waals surface area (Å²) < 4.78 is 15.4. The Morgan fingerprint density at radius 3 is 2.57 bits per heavy atom. The first-order valence-electron chi connectivity index (χ1n) is 8.36. The van der Waals surface area contributed by atoms with E-state index in [0.717, 1.165) is 4.90 Å². The molecule has 0 bridgehead atoms. The lowest BCUT2D eigenvalue weighted by Crippen LogP contribution is -2.34. The normalized spacial score (nSPS) is 15.1. The van der Waals surface area contributed by atoms with Gasteiger partial charge < -0.3 is 24.1 Å². The van der Waals surface area contributed by atoms with Crippen LogP contribution in [-0.2, 0) is 19.1 Å². The molecule has 1 fully saturated rings. The summed E-state index contributed by atoms with van der Waals surface area (Å²) in [4.78, 5) is 47.7. The number of esters is 1. The fourth-order valence-corrected chi connectivity index (χ4v) is 3.14. The maximum atomic E-state index is 12.5. The molecule has 0 radical (unpaired) electrons. The average Bonchev–Trinajstić information content (AvgIpc) is 2.89. The molecule has 1 saturated heterocycles. The van der Waals surface area contributed by atoms with Gasteiger partial charge >= 0.3 is 5.97 Å². The van der Waals surface area contributed by atoms with Gasteiger partial charge in [-0.1, -0.05) is 12.1 Å². The van der Waals surface area contributed by atoms with Crippen LogP contribution in [0.2, 0.25) is 0 Å². The third-order valence-electron chi connectivity index (χ3n) is 3.40. The van der Waals surface area contributed by atoms with Gasteiger partial charge in [-0.15, -0.1) is 0 Å². The summed E-state index contributed by atoms with van der Waals surface area (Å²) in [5, 5.41) is 10.1. The predicted octanol–water partition coefficient (Wildman–Crippen LogP) is 0.813. The highest BCUT2D eigenvalue weighted by Crippen LogP contribution is 2.37. The maximum absolute atomic E-state index is 12.5. The smallest absolute Gasteiger partial charge is 0.326 e. The first kappa shape index (κ1) is 21.3. The van der Waals surface area contributed by atoms with Gasteiger partial charge in [0.2, 0.25) is 0 Å². The number of benzene rings is 1. The molecule has 0 N–H and O–H groups in total. The molecule has 0 atom stereocenters. The molecule has 1 aromatic rings. The zero-order valence-electron chi connectivity index (χ0n) is 15.3. The monoisotopic (exact) mass is 408 g/mol. The van der Waals surface area contributed by atoms with Gasteiger partial charge in [0.05, 0.1) is 24.1 Å². The number of carboxylic acid groups (broad SMARTS) is 1. The number of carbonyl (C=O) groups excluding carboxylic acids is 4. The van der Waals surface area contributed by atoms with Crippen LogP contribution in [0.1, 0.15) is 19.4 Å². The molecule has 1 aliphatic rings. The Morgan fingerprint density at radius 1 is 1.18 bits per heavy atom. The van der Waals surface area contributed by atoms with Crippen LogP contribution in [0, 0.1) is 0 Å². The number of hydrogen-bond donors (Lipinski definition) is 0. The van der Waals surface area contributed by atoms with E-state index in [9.17, 15) is 24.3 Å². The standard InChI is InChI=1S/C18H19NO8S/c1-3-25-12-7-5-6-11(16(12)27-10-14(20)21)8-13-17(23)19(18(24)28-13)9-15(22)26-4-2/h5-8H,3-4,9-10H2,1-2H3,(H,20,21)/p-1/b13-8-. The molecule has 150 valence electrons. The topological polar surface area (TPSA) is 122 Å². The van der Waals surface area contributed by atoms with Gasteiger partial charge in [0, 0.05) is 5.56 Å². The van der Waals surface area contributed by atoms with Crippen molar-refractivity contribution in [3.63, 3.8) is 0 Å². The Hall–Kier alpha value is -3.01. The molecule has 1 aromatic carbocycles. The zero-order valence-corrected chi connectivity index (χ0v) is 16.1. The van der Waals surface area contributed by atoms with Crippen LogP contribution in [0.15, 0.2) is 23.1 Å². The van der Waals surface area contributed by atoms with E-state index in [2.05, 4.69) is 0 Å². The molecule has 1 aliphatic heterocycles. The molecule has 10 heteroatoms. The minimum Gasteiger partial charge on any atom is -0.546 e. The molecular formula is C18H18NO8S-. The molecule has 0 aromatic heterocycles. The number of thioether (sulfide) groups is 1. The number of carbonyl (C=O) groups is 4. The highest BCUT2D eigenvalue weighted by molar-refractivity contribution is 8.18. The van der Waals surface area contributed by atoms with Crippen molar-refractivity contribution in [2.24, 2.45) is 0 Å². The lowest BCUT2D eigenvalue weighted by molar-refractivity contribution is -0.307. The molecule has 2 rings (SSSR count). The molecule has 0 unspecified atom stereocenters. The van der Waals surface area contributed by atoms with Gasteiger partial charge in [-0.2, -0.15) is 0 Å². The quantitative estimate of drug-likeness (QED) is 0.431. The third-order valence-corrected chi connectivity index (χ3v) is 4.30. The van der Waals surface area contributed by atoms with Gasteiger partial charge in [0.15, 0.2) is 11.5 Å². The van der Waals surface area contributed by atoms with Crippen molar-refractivity contribution in [3.05, 3.63) is 28.7 Å². The summed E-state index contributed by atoms with van der Waals surface area (Å²) in [6.07, 6.45) is 1.38. The summed E-state index contributed by atoms with van der Waals surface area (Å²) in [6.45, 7) is 2.61. The van der Waals surface area contributed by atoms with Crippen molar-refractivity contribution in [2.75, 3.05) is 26.4 Å². The molecule has 0 saturated carbocycles. The highest BCUT2D eigenvalue weighted by Gasteiger charge is 2.36.